The Hall–Kier alpha value is -1.95. The molecule has 0 unspecified atom stereocenters. The van der Waals surface area contributed by atoms with E-state index in [4.69, 9.17) is 4.74 Å². The lowest BCUT2D eigenvalue weighted by Crippen LogP contribution is -2.63. The van der Waals surface area contributed by atoms with Gasteiger partial charge in [0, 0.05) is 43.4 Å². The van der Waals surface area contributed by atoms with Gasteiger partial charge in [0.15, 0.2) is 0 Å². The minimum atomic E-state index is -1.09. The first-order valence-corrected chi connectivity index (χ1v) is 10.6. The smallest absolute Gasteiger partial charge is 0.124 e. The number of likely N-dealkylation sites (tertiary alicyclic amines) is 1. The van der Waals surface area contributed by atoms with Crippen LogP contribution < -0.4 is 4.90 Å². The molecule has 1 aromatic heterocycles. The van der Waals surface area contributed by atoms with Crippen LogP contribution in [0.2, 0.25) is 0 Å². The molecule has 0 saturated carbocycles. The van der Waals surface area contributed by atoms with Crippen LogP contribution in [0.1, 0.15) is 43.4 Å². The summed E-state index contributed by atoms with van der Waals surface area (Å²) >= 11 is 0. The summed E-state index contributed by atoms with van der Waals surface area (Å²) in [6, 6.07) is 10.6. The van der Waals surface area contributed by atoms with Crippen molar-refractivity contribution in [3.8, 4) is 0 Å². The van der Waals surface area contributed by atoms with Crippen molar-refractivity contribution in [2.45, 2.75) is 32.3 Å². The number of hydrogen-bond donors (Lipinski definition) is 1. The van der Waals surface area contributed by atoms with Gasteiger partial charge < -0.3 is 19.6 Å². The Balaban J connectivity index is 1.77. The zero-order valence-corrected chi connectivity index (χ0v) is 18.1. The quantitative estimate of drug-likeness (QED) is 0.842. The number of benzene rings is 1. The van der Waals surface area contributed by atoms with Gasteiger partial charge in [0.25, 0.3) is 0 Å². The molecule has 1 N–H and O–H groups in total. The maximum Gasteiger partial charge on any atom is 0.124 e. The summed E-state index contributed by atoms with van der Waals surface area (Å²) in [4.78, 5) is 9.08. The number of anilines is 1. The molecule has 0 spiro atoms. The van der Waals surface area contributed by atoms with E-state index >= 15 is 0 Å². The van der Waals surface area contributed by atoms with E-state index in [0.717, 1.165) is 56.2 Å². The van der Waals surface area contributed by atoms with Crippen LogP contribution in [0.5, 0.6) is 0 Å². The third-order valence-electron chi connectivity index (χ3n) is 6.62. The van der Waals surface area contributed by atoms with Crippen LogP contribution in [0.3, 0.4) is 0 Å². The highest BCUT2D eigenvalue weighted by atomic mass is 16.5. The molecule has 4 rings (SSSR count). The van der Waals surface area contributed by atoms with E-state index in [1.54, 1.807) is 0 Å². The number of aromatic nitrogens is 1. The predicted octanol–water partition coefficient (Wildman–Crippen LogP) is 3.23. The van der Waals surface area contributed by atoms with E-state index < -0.39 is 5.60 Å². The van der Waals surface area contributed by atoms with Crippen molar-refractivity contribution in [3.05, 3.63) is 59.4 Å². The number of morpholine rings is 1. The van der Waals surface area contributed by atoms with Crippen LogP contribution >= 0.6 is 0 Å². The first-order valence-electron chi connectivity index (χ1n) is 10.6. The van der Waals surface area contributed by atoms with Crippen LogP contribution in [-0.4, -0.2) is 61.4 Å². The fourth-order valence-electron chi connectivity index (χ4n) is 4.97. The van der Waals surface area contributed by atoms with E-state index in [1.165, 1.54) is 5.56 Å². The van der Waals surface area contributed by atoms with Crippen LogP contribution in [-0.2, 0) is 10.3 Å². The number of ether oxygens (including phenoxy) is 1. The van der Waals surface area contributed by atoms with Gasteiger partial charge in [0.1, 0.15) is 5.60 Å². The molecule has 2 fully saturated rings. The van der Waals surface area contributed by atoms with Gasteiger partial charge in [-0.25, -0.2) is 0 Å². The second kappa shape index (κ2) is 7.71. The molecule has 0 radical (unpaired) electrons. The van der Waals surface area contributed by atoms with Gasteiger partial charge in [0.2, 0.25) is 0 Å². The number of aliphatic hydroxyl groups is 1. The van der Waals surface area contributed by atoms with Gasteiger partial charge >= 0.3 is 0 Å². The standard InChI is InChI=1S/C24H33N3O2/c1-18(2)19-5-7-20(8-6-19)24(28,23(3)16-26(4)17-23)21-13-22(15-25-14-21)27-9-11-29-12-10-27/h5-8,13-15,18,28H,9-12,16-17H2,1-4H3/t24-/m0/s1. The third-order valence-corrected chi connectivity index (χ3v) is 6.62. The fourth-order valence-corrected chi connectivity index (χ4v) is 4.97. The lowest BCUT2D eigenvalue weighted by Gasteiger charge is -2.56. The SMILES string of the molecule is CC(C)c1ccc([C@](O)(c2cncc(N3CCOCC3)c2)C2(C)CN(C)C2)cc1. The Morgan fingerprint density at radius 3 is 2.31 bits per heavy atom. The topological polar surface area (TPSA) is 48.8 Å². The maximum atomic E-state index is 12.3. The Bertz CT molecular complexity index is 839. The number of pyridine rings is 1. The van der Waals surface area contributed by atoms with Gasteiger partial charge in [-0.15, -0.1) is 0 Å². The van der Waals surface area contributed by atoms with Crippen molar-refractivity contribution in [2.75, 3.05) is 51.3 Å². The lowest BCUT2D eigenvalue weighted by molar-refractivity contribution is -0.127. The highest BCUT2D eigenvalue weighted by molar-refractivity contribution is 5.51. The van der Waals surface area contributed by atoms with Crippen LogP contribution in [0.25, 0.3) is 0 Å². The van der Waals surface area contributed by atoms with Crippen molar-refractivity contribution in [1.29, 1.82) is 0 Å². The minimum absolute atomic E-state index is 0.271. The summed E-state index contributed by atoms with van der Waals surface area (Å²) < 4.78 is 5.49. The molecule has 5 heteroatoms. The van der Waals surface area contributed by atoms with E-state index in [9.17, 15) is 5.11 Å². The molecular weight excluding hydrogens is 362 g/mol. The van der Waals surface area contributed by atoms with Crippen molar-refractivity contribution >= 4 is 5.69 Å². The molecular formula is C24H33N3O2. The van der Waals surface area contributed by atoms with Crippen LogP contribution in [0, 0.1) is 5.41 Å². The van der Waals surface area contributed by atoms with Gasteiger partial charge in [-0.05, 0) is 30.2 Å². The normalized spacial score (nSPS) is 21.7. The van der Waals surface area contributed by atoms with E-state index in [1.807, 2.05) is 12.4 Å². The first kappa shape index (κ1) is 20.3. The lowest BCUT2D eigenvalue weighted by atomic mass is 9.62. The molecule has 29 heavy (non-hydrogen) atoms. The molecule has 1 aromatic carbocycles. The van der Waals surface area contributed by atoms with Crippen molar-refractivity contribution in [2.24, 2.45) is 5.41 Å². The Morgan fingerprint density at radius 2 is 1.72 bits per heavy atom. The highest BCUT2D eigenvalue weighted by Crippen LogP contribution is 2.50. The summed E-state index contributed by atoms with van der Waals surface area (Å²) in [5.74, 6) is 0.467. The molecule has 1 atom stereocenters. The third kappa shape index (κ3) is 3.56. The monoisotopic (exact) mass is 395 g/mol. The zero-order chi connectivity index (χ0) is 20.6. The minimum Gasteiger partial charge on any atom is -0.380 e. The summed E-state index contributed by atoms with van der Waals surface area (Å²) in [6.45, 7) is 11.4. The summed E-state index contributed by atoms with van der Waals surface area (Å²) in [5, 5.41) is 12.3. The molecule has 2 aliphatic heterocycles. The van der Waals surface area contributed by atoms with Crippen molar-refractivity contribution < 1.29 is 9.84 Å². The largest absolute Gasteiger partial charge is 0.380 e. The Morgan fingerprint density at radius 1 is 1.07 bits per heavy atom. The van der Waals surface area contributed by atoms with Crippen LogP contribution in [0.4, 0.5) is 5.69 Å². The molecule has 3 heterocycles. The molecule has 5 nitrogen and oxygen atoms in total. The number of rotatable bonds is 5. The second-order valence-corrected chi connectivity index (χ2v) is 9.25. The predicted molar refractivity (Wildman–Crippen MR) is 116 cm³/mol. The molecule has 2 saturated heterocycles. The summed E-state index contributed by atoms with van der Waals surface area (Å²) in [5.41, 5.74) is 2.79. The molecule has 2 aromatic rings. The molecule has 156 valence electrons. The number of hydrogen-bond acceptors (Lipinski definition) is 5. The highest BCUT2D eigenvalue weighted by Gasteiger charge is 2.55. The maximum absolute atomic E-state index is 12.3. The van der Waals surface area contributed by atoms with E-state index in [2.05, 4.69) is 72.9 Å². The zero-order valence-electron chi connectivity index (χ0n) is 18.1. The molecule has 2 aliphatic rings. The molecule has 0 aliphatic carbocycles. The fraction of sp³-hybridized carbons (Fsp3) is 0.542. The van der Waals surface area contributed by atoms with Crippen LogP contribution in [0.15, 0.2) is 42.7 Å². The average Bonchev–Trinajstić information content (AvgIpc) is 2.73. The van der Waals surface area contributed by atoms with Gasteiger partial charge in [-0.3, -0.25) is 4.98 Å². The van der Waals surface area contributed by atoms with Gasteiger partial charge in [0.05, 0.1) is 25.1 Å². The van der Waals surface area contributed by atoms with E-state index in [-0.39, 0.29) is 5.41 Å². The second-order valence-electron chi connectivity index (χ2n) is 9.25. The van der Waals surface area contributed by atoms with Gasteiger partial charge in [-0.1, -0.05) is 45.0 Å². The summed E-state index contributed by atoms with van der Waals surface area (Å²) in [7, 11) is 2.10. The Kier molecular flexibility index (Phi) is 5.40. The van der Waals surface area contributed by atoms with Crippen molar-refractivity contribution in [3.63, 3.8) is 0 Å². The van der Waals surface area contributed by atoms with Gasteiger partial charge in [-0.2, -0.15) is 0 Å². The number of nitrogens with zero attached hydrogens (tertiary/aromatic N) is 3. The Labute approximate surface area is 174 Å². The average molecular weight is 396 g/mol. The summed E-state index contributed by atoms with van der Waals surface area (Å²) in [6.07, 6.45) is 3.73. The first-order chi connectivity index (χ1) is 13.8. The molecule has 0 bridgehead atoms. The molecule has 0 amide bonds. The van der Waals surface area contributed by atoms with Crippen molar-refractivity contribution in [1.82, 2.24) is 9.88 Å². The van der Waals surface area contributed by atoms with E-state index in [0.29, 0.717) is 5.92 Å².